The number of nitrogens with zero attached hydrogens (tertiary/aromatic N) is 1. The zero-order chi connectivity index (χ0) is 14.7. The standard InChI is InChI=1S/C15H15NO4/c1-10-4-6-14(12(7-10)9-17)20-15-8-11(2)3-5-13(15)16(18)19/h3-8,17H,9H2,1-2H3. The number of nitro benzene ring substituents is 1. The van der Waals surface area contributed by atoms with Gasteiger partial charge in [0.2, 0.25) is 5.75 Å². The van der Waals surface area contributed by atoms with E-state index in [9.17, 15) is 15.2 Å². The summed E-state index contributed by atoms with van der Waals surface area (Å²) < 4.78 is 5.63. The van der Waals surface area contributed by atoms with Crippen molar-refractivity contribution in [1.29, 1.82) is 0 Å². The van der Waals surface area contributed by atoms with Crippen molar-refractivity contribution in [3.05, 3.63) is 63.2 Å². The molecule has 2 aromatic rings. The summed E-state index contributed by atoms with van der Waals surface area (Å²) in [7, 11) is 0. The number of rotatable bonds is 4. The summed E-state index contributed by atoms with van der Waals surface area (Å²) in [5.74, 6) is 0.598. The highest BCUT2D eigenvalue weighted by Crippen LogP contribution is 2.34. The molecule has 0 saturated heterocycles. The van der Waals surface area contributed by atoms with Crippen LogP contribution in [0.15, 0.2) is 36.4 Å². The highest BCUT2D eigenvalue weighted by Gasteiger charge is 2.16. The fourth-order valence-corrected chi connectivity index (χ4v) is 1.90. The van der Waals surface area contributed by atoms with E-state index in [0.29, 0.717) is 11.3 Å². The van der Waals surface area contributed by atoms with Crippen LogP contribution in [0.25, 0.3) is 0 Å². The van der Waals surface area contributed by atoms with Crippen molar-refractivity contribution >= 4 is 5.69 Å². The van der Waals surface area contributed by atoms with Crippen molar-refractivity contribution in [1.82, 2.24) is 0 Å². The third-order valence-corrected chi connectivity index (χ3v) is 2.92. The van der Waals surface area contributed by atoms with Crippen molar-refractivity contribution in [2.24, 2.45) is 0 Å². The number of nitro groups is 1. The van der Waals surface area contributed by atoms with Gasteiger partial charge in [-0.2, -0.15) is 0 Å². The summed E-state index contributed by atoms with van der Waals surface area (Å²) in [4.78, 5) is 10.5. The van der Waals surface area contributed by atoms with Crippen LogP contribution >= 0.6 is 0 Å². The van der Waals surface area contributed by atoms with Gasteiger partial charge < -0.3 is 9.84 Å². The number of hydrogen-bond donors (Lipinski definition) is 1. The van der Waals surface area contributed by atoms with Crippen molar-refractivity contribution < 1.29 is 14.8 Å². The predicted molar refractivity (Wildman–Crippen MR) is 75.0 cm³/mol. The van der Waals surface area contributed by atoms with E-state index in [2.05, 4.69) is 0 Å². The SMILES string of the molecule is Cc1ccc(Oc2cc(C)ccc2[N+](=O)[O-])c(CO)c1. The number of aliphatic hydroxyl groups excluding tert-OH is 1. The van der Waals surface area contributed by atoms with Crippen molar-refractivity contribution in [2.45, 2.75) is 20.5 Å². The Morgan fingerprint density at radius 1 is 1.10 bits per heavy atom. The lowest BCUT2D eigenvalue weighted by atomic mass is 10.1. The molecule has 0 saturated carbocycles. The van der Waals surface area contributed by atoms with E-state index in [1.165, 1.54) is 6.07 Å². The number of hydrogen-bond acceptors (Lipinski definition) is 4. The molecule has 0 radical (unpaired) electrons. The Balaban J connectivity index is 2.44. The molecule has 0 fully saturated rings. The Bertz CT molecular complexity index is 652. The molecule has 2 aromatic carbocycles. The molecule has 0 aliphatic heterocycles. The lowest BCUT2D eigenvalue weighted by molar-refractivity contribution is -0.385. The highest BCUT2D eigenvalue weighted by atomic mass is 16.6. The molecule has 0 aromatic heterocycles. The third-order valence-electron chi connectivity index (χ3n) is 2.92. The van der Waals surface area contributed by atoms with Crippen molar-refractivity contribution in [3.63, 3.8) is 0 Å². The maximum Gasteiger partial charge on any atom is 0.311 e. The Kier molecular flexibility index (Phi) is 4.00. The number of aryl methyl sites for hydroxylation is 2. The maximum atomic E-state index is 11.0. The first-order chi connectivity index (χ1) is 9.51. The first-order valence-corrected chi connectivity index (χ1v) is 6.14. The van der Waals surface area contributed by atoms with Gasteiger partial charge in [-0.25, -0.2) is 0 Å². The summed E-state index contributed by atoms with van der Waals surface area (Å²) >= 11 is 0. The van der Waals surface area contributed by atoms with Gasteiger partial charge in [0.15, 0.2) is 0 Å². The van der Waals surface area contributed by atoms with Crippen molar-refractivity contribution in [2.75, 3.05) is 0 Å². The normalized spacial score (nSPS) is 10.3. The third kappa shape index (κ3) is 2.95. The minimum Gasteiger partial charge on any atom is -0.450 e. The second kappa shape index (κ2) is 5.71. The van der Waals surface area contributed by atoms with Gasteiger partial charge in [0.1, 0.15) is 5.75 Å². The van der Waals surface area contributed by atoms with Crippen LogP contribution in [0.3, 0.4) is 0 Å². The fraction of sp³-hybridized carbons (Fsp3) is 0.200. The molecule has 5 nitrogen and oxygen atoms in total. The van der Waals surface area contributed by atoms with Crippen LogP contribution in [-0.2, 0) is 6.61 Å². The Morgan fingerprint density at radius 3 is 2.40 bits per heavy atom. The van der Waals surface area contributed by atoms with Gasteiger partial charge in [0.05, 0.1) is 11.5 Å². The number of benzene rings is 2. The van der Waals surface area contributed by atoms with Gasteiger partial charge in [0, 0.05) is 11.6 Å². The topological polar surface area (TPSA) is 72.6 Å². The monoisotopic (exact) mass is 273 g/mol. The molecule has 0 aliphatic carbocycles. The Morgan fingerprint density at radius 2 is 1.75 bits per heavy atom. The van der Waals surface area contributed by atoms with E-state index in [0.717, 1.165) is 11.1 Å². The molecule has 0 aliphatic rings. The molecule has 0 atom stereocenters. The molecular formula is C15H15NO4. The van der Waals surface area contributed by atoms with E-state index in [1.807, 2.05) is 19.9 Å². The lowest BCUT2D eigenvalue weighted by Crippen LogP contribution is -1.97. The lowest BCUT2D eigenvalue weighted by Gasteiger charge is -2.11. The van der Waals surface area contributed by atoms with Crippen LogP contribution in [0.1, 0.15) is 16.7 Å². The highest BCUT2D eigenvalue weighted by molar-refractivity contribution is 5.51. The molecule has 1 N–H and O–H groups in total. The van der Waals surface area contributed by atoms with E-state index in [1.54, 1.807) is 24.3 Å². The molecule has 0 bridgehead atoms. The predicted octanol–water partition coefficient (Wildman–Crippen LogP) is 3.50. The van der Waals surface area contributed by atoms with Gasteiger partial charge >= 0.3 is 5.69 Å². The van der Waals surface area contributed by atoms with Gasteiger partial charge in [-0.05, 0) is 31.5 Å². The minimum atomic E-state index is -0.485. The molecule has 0 spiro atoms. The molecule has 5 heteroatoms. The van der Waals surface area contributed by atoms with E-state index < -0.39 is 4.92 Å². The first kappa shape index (κ1) is 14.0. The van der Waals surface area contributed by atoms with Crippen LogP contribution in [0.5, 0.6) is 11.5 Å². The van der Waals surface area contributed by atoms with Crippen LogP contribution in [0.4, 0.5) is 5.69 Å². The number of ether oxygens (including phenoxy) is 1. The molecule has 0 unspecified atom stereocenters. The summed E-state index contributed by atoms with van der Waals surface area (Å²) in [6.45, 7) is 3.55. The summed E-state index contributed by atoms with van der Waals surface area (Å²) in [6, 6.07) is 10.0. The van der Waals surface area contributed by atoms with Gasteiger partial charge in [0.25, 0.3) is 0 Å². The average molecular weight is 273 g/mol. The van der Waals surface area contributed by atoms with Crippen LogP contribution in [0.2, 0.25) is 0 Å². The molecule has 20 heavy (non-hydrogen) atoms. The Labute approximate surface area is 116 Å². The van der Waals surface area contributed by atoms with Crippen LogP contribution < -0.4 is 4.74 Å². The quantitative estimate of drug-likeness (QED) is 0.683. The van der Waals surface area contributed by atoms with Crippen molar-refractivity contribution in [3.8, 4) is 11.5 Å². The minimum absolute atomic E-state index is 0.0972. The maximum absolute atomic E-state index is 11.0. The van der Waals surface area contributed by atoms with E-state index >= 15 is 0 Å². The Hall–Kier alpha value is -2.40. The second-order valence-electron chi connectivity index (χ2n) is 4.60. The fourth-order valence-electron chi connectivity index (χ4n) is 1.90. The smallest absolute Gasteiger partial charge is 0.311 e. The zero-order valence-corrected chi connectivity index (χ0v) is 11.3. The molecule has 0 heterocycles. The molecule has 104 valence electrons. The largest absolute Gasteiger partial charge is 0.450 e. The molecular weight excluding hydrogens is 258 g/mol. The van der Waals surface area contributed by atoms with E-state index in [-0.39, 0.29) is 18.0 Å². The zero-order valence-electron chi connectivity index (χ0n) is 11.3. The average Bonchev–Trinajstić information content (AvgIpc) is 2.40. The van der Waals surface area contributed by atoms with Crippen LogP contribution in [-0.4, -0.2) is 10.0 Å². The molecule has 2 rings (SSSR count). The van der Waals surface area contributed by atoms with Gasteiger partial charge in [-0.15, -0.1) is 0 Å². The molecule has 0 amide bonds. The van der Waals surface area contributed by atoms with Gasteiger partial charge in [-0.3, -0.25) is 10.1 Å². The second-order valence-corrected chi connectivity index (χ2v) is 4.60. The van der Waals surface area contributed by atoms with E-state index in [4.69, 9.17) is 4.74 Å². The first-order valence-electron chi connectivity index (χ1n) is 6.14. The summed E-state index contributed by atoms with van der Waals surface area (Å²) in [5.41, 5.74) is 2.35. The number of aliphatic hydroxyl groups is 1. The van der Waals surface area contributed by atoms with Crippen LogP contribution in [0, 0.1) is 24.0 Å². The summed E-state index contributed by atoms with van der Waals surface area (Å²) in [5, 5.41) is 20.3. The van der Waals surface area contributed by atoms with Gasteiger partial charge in [-0.1, -0.05) is 23.8 Å². The summed E-state index contributed by atoms with van der Waals surface area (Å²) in [6.07, 6.45) is 0.